The molecule has 0 spiro atoms. The number of carbonyl (C=O) groups is 1. The largest absolute Gasteiger partial charge is 0.330 e. The molecule has 0 atom stereocenters. The van der Waals surface area contributed by atoms with Gasteiger partial charge >= 0.3 is 6.03 Å². The third-order valence-corrected chi connectivity index (χ3v) is 2.46. The highest BCUT2D eigenvalue weighted by molar-refractivity contribution is 5.91. The van der Waals surface area contributed by atoms with Crippen LogP contribution in [-0.4, -0.2) is 15.6 Å². The normalized spacial score (nSPS) is 10.2. The van der Waals surface area contributed by atoms with E-state index in [1.807, 2.05) is 24.3 Å². The Hall–Kier alpha value is -2.10. The summed E-state index contributed by atoms with van der Waals surface area (Å²) in [5, 5.41) is 2.86. The summed E-state index contributed by atoms with van der Waals surface area (Å²) in [5.74, 6) is 0. The highest BCUT2D eigenvalue weighted by atomic mass is 16.2. The zero-order valence-electron chi connectivity index (χ0n) is 9.76. The lowest BCUT2D eigenvalue weighted by molar-refractivity contribution is 0.253. The molecule has 2 aromatic heterocycles. The van der Waals surface area contributed by atoms with Crippen LogP contribution in [-0.2, 0) is 6.42 Å². The zero-order valence-corrected chi connectivity index (χ0v) is 9.76. The Bertz CT molecular complexity index is 491. The number of nitrogens with zero attached hydrogens (tertiary/aromatic N) is 2. The molecule has 2 aromatic rings. The lowest BCUT2D eigenvalue weighted by atomic mass is 10.2. The van der Waals surface area contributed by atoms with Crippen molar-refractivity contribution in [2.45, 2.75) is 19.8 Å². The number of aryl methyl sites for hydroxylation is 1. The Morgan fingerprint density at radius 1 is 1.35 bits per heavy atom. The molecule has 0 aliphatic carbocycles. The van der Waals surface area contributed by atoms with Crippen LogP contribution in [0.3, 0.4) is 0 Å². The van der Waals surface area contributed by atoms with Crippen molar-refractivity contribution in [3.05, 3.63) is 48.5 Å². The Kier molecular flexibility index (Phi) is 3.55. The maximum atomic E-state index is 11.9. The second-order valence-corrected chi connectivity index (χ2v) is 3.77. The van der Waals surface area contributed by atoms with E-state index in [1.54, 1.807) is 18.6 Å². The van der Waals surface area contributed by atoms with E-state index < -0.39 is 0 Å². The van der Waals surface area contributed by atoms with Crippen LogP contribution in [0.15, 0.2) is 42.9 Å². The van der Waals surface area contributed by atoms with E-state index in [4.69, 9.17) is 0 Å². The highest BCUT2D eigenvalue weighted by Gasteiger charge is 2.07. The number of pyridine rings is 1. The Balaban J connectivity index is 2.15. The van der Waals surface area contributed by atoms with E-state index >= 15 is 0 Å². The van der Waals surface area contributed by atoms with Gasteiger partial charge in [-0.15, -0.1) is 0 Å². The summed E-state index contributed by atoms with van der Waals surface area (Å²) in [6.45, 7) is 2.09. The van der Waals surface area contributed by atoms with E-state index in [0.29, 0.717) is 0 Å². The molecule has 88 valence electrons. The van der Waals surface area contributed by atoms with E-state index in [2.05, 4.69) is 17.2 Å². The molecule has 0 radical (unpaired) electrons. The van der Waals surface area contributed by atoms with E-state index in [0.717, 1.165) is 24.2 Å². The van der Waals surface area contributed by atoms with Gasteiger partial charge in [-0.25, -0.2) is 4.79 Å². The van der Waals surface area contributed by atoms with Gasteiger partial charge in [-0.1, -0.05) is 13.3 Å². The van der Waals surface area contributed by atoms with Gasteiger partial charge in [-0.05, 0) is 30.7 Å². The Morgan fingerprint density at radius 3 is 2.82 bits per heavy atom. The summed E-state index contributed by atoms with van der Waals surface area (Å²) in [4.78, 5) is 16.1. The van der Waals surface area contributed by atoms with Crippen molar-refractivity contribution in [2.75, 3.05) is 5.32 Å². The molecule has 0 saturated carbocycles. The second-order valence-electron chi connectivity index (χ2n) is 3.77. The maximum Gasteiger partial charge on any atom is 0.330 e. The molecule has 1 amide bonds. The first-order chi connectivity index (χ1) is 8.31. The molecule has 2 rings (SSSR count). The molecule has 4 heteroatoms. The average Bonchev–Trinajstić information content (AvgIpc) is 2.85. The van der Waals surface area contributed by atoms with E-state index in [-0.39, 0.29) is 6.03 Å². The van der Waals surface area contributed by atoms with Crippen molar-refractivity contribution in [1.29, 1.82) is 0 Å². The van der Waals surface area contributed by atoms with Crippen LogP contribution in [0.4, 0.5) is 10.5 Å². The molecule has 0 bridgehead atoms. The zero-order chi connectivity index (χ0) is 12.1. The molecular formula is C13H15N3O. The van der Waals surface area contributed by atoms with E-state index in [9.17, 15) is 4.79 Å². The number of amides is 1. The number of aromatic nitrogens is 2. The predicted molar refractivity (Wildman–Crippen MR) is 67.1 cm³/mol. The quantitative estimate of drug-likeness (QED) is 0.879. The fraction of sp³-hybridized carbons (Fsp3) is 0.231. The fourth-order valence-electron chi connectivity index (χ4n) is 1.64. The molecule has 0 aliphatic heterocycles. The van der Waals surface area contributed by atoms with Crippen LogP contribution < -0.4 is 5.32 Å². The third kappa shape index (κ3) is 2.72. The first-order valence-corrected chi connectivity index (χ1v) is 5.69. The van der Waals surface area contributed by atoms with Crippen LogP contribution in [0.25, 0.3) is 0 Å². The summed E-state index contributed by atoms with van der Waals surface area (Å²) in [6, 6.07) is 7.16. The first kappa shape index (κ1) is 11.4. The Morgan fingerprint density at radius 2 is 2.12 bits per heavy atom. The van der Waals surface area contributed by atoms with Crippen LogP contribution in [0, 0.1) is 0 Å². The minimum atomic E-state index is -0.166. The molecule has 0 aromatic carbocycles. The minimum absolute atomic E-state index is 0.166. The highest BCUT2D eigenvalue weighted by Crippen LogP contribution is 2.14. The minimum Gasteiger partial charge on any atom is -0.306 e. The first-order valence-electron chi connectivity index (χ1n) is 5.69. The molecule has 0 aliphatic rings. The topological polar surface area (TPSA) is 46.9 Å². The van der Waals surface area contributed by atoms with Gasteiger partial charge in [0.15, 0.2) is 0 Å². The van der Waals surface area contributed by atoms with Crippen LogP contribution >= 0.6 is 0 Å². The number of carbonyl (C=O) groups excluding carboxylic acids is 1. The van der Waals surface area contributed by atoms with Crippen LogP contribution in [0.2, 0.25) is 0 Å². The van der Waals surface area contributed by atoms with E-state index in [1.165, 1.54) is 4.57 Å². The van der Waals surface area contributed by atoms with Gasteiger partial charge in [-0.2, -0.15) is 0 Å². The summed E-state index contributed by atoms with van der Waals surface area (Å²) in [5.41, 5.74) is 1.71. The Labute approximate surface area is 100 Å². The number of hydrogen-bond acceptors (Lipinski definition) is 2. The number of anilines is 1. The second kappa shape index (κ2) is 5.30. The molecule has 4 nitrogen and oxygen atoms in total. The molecule has 0 unspecified atom stereocenters. The number of nitrogens with one attached hydrogen (secondary N) is 1. The van der Waals surface area contributed by atoms with Crippen LogP contribution in [0.5, 0.6) is 0 Å². The molecule has 0 saturated heterocycles. The summed E-state index contributed by atoms with van der Waals surface area (Å²) in [6.07, 6.45) is 7.04. The third-order valence-electron chi connectivity index (χ3n) is 2.46. The van der Waals surface area contributed by atoms with Crippen molar-refractivity contribution in [3.63, 3.8) is 0 Å². The number of rotatable bonds is 3. The van der Waals surface area contributed by atoms with Crippen LogP contribution in [0.1, 0.15) is 19.0 Å². The van der Waals surface area contributed by atoms with Crippen molar-refractivity contribution in [1.82, 2.24) is 9.55 Å². The molecular weight excluding hydrogens is 214 g/mol. The average molecular weight is 229 g/mol. The van der Waals surface area contributed by atoms with Crippen molar-refractivity contribution in [3.8, 4) is 0 Å². The summed E-state index contributed by atoms with van der Waals surface area (Å²) in [7, 11) is 0. The molecule has 0 fully saturated rings. The summed E-state index contributed by atoms with van der Waals surface area (Å²) < 4.78 is 1.50. The maximum absolute atomic E-state index is 11.9. The van der Waals surface area contributed by atoms with Gasteiger partial charge < -0.3 is 5.32 Å². The molecule has 2 heterocycles. The lowest BCUT2D eigenvalue weighted by Gasteiger charge is -2.09. The monoisotopic (exact) mass is 229 g/mol. The van der Waals surface area contributed by atoms with Gasteiger partial charge in [0, 0.05) is 18.6 Å². The molecule has 17 heavy (non-hydrogen) atoms. The van der Waals surface area contributed by atoms with Gasteiger partial charge in [0.05, 0.1) is 11.4 Å². The van der Waals surface area contributed by atoms with Gasteiger partial charge in [0.1, 0.15) is 0 Å². The standard InChI is InChI=1S/C13H15N3O/c1-2-6-11-12(7-5-8-14-11)15-13(17)16-9-3-4-10-16/h3-5,7-10H,2,6H2,1H3,(H,15,17). The van der Waals surface area contributed by atoms with Crippen molar-refractivity contribution < 1.29 is 4.79 Å². The summed E-state index contributed by atoms with van der Waals surface area (Å²) >= 11 is 0. The number of hydrogen-bond donors (Lipinski definition) is 1. The van der Waals surface area contributed by atoms with Gasteiger partial charge in [-0.3, -0.25) is 9.55 Å². The van der Waals surface area contributed by atoms with Gasteiger partial charge in [0.25, 0.3) is 0 Å². The smallest absolute Gasteiger partial charge is 0.306 e. The lowest BCUT2D eigenvalue weighted by Crippen LogP contribution is -2.18. The van der Waals surface area contributed by atoms with Crippen molar-refractivity contribution >= 4 is 11.7 Å². The SMILES string of the molecule is CCCc1ncccc1NC(=O)n1cccc1. The van der Waals surface area contributed by atoms with Gasteiger partial charge in [0.2, 0.25) is 0 Å². The predicted octanol–water partition coefficient (Wildman–Crippen LogP) is 2.92. The van der Waals surface area contributed by atoms with Crippen molar-refractivity contribution in [2.24, 2.45) is 0 Å². The molecule has 1 N–H and O–H groups in total. The fourth-order valence-corrected chi connectivity index (χ4v) is 1.64.